The molecule has 4 N–H and O–H groups in total. The molecule has 1 saturated carbocycles. The summed E-state index contributed by atoms with van der Waals surface area (Å²) in [6.45, 7) is 2.64. The highest BCUT2D eigenvalue weighted by Crippen LogP contribution is 2.32. The van der Waals surface area contributed by atoms with Crippen LogP contribution in [-0.4, -0.2) is 17.4 Å². The number of fused-ring (bicyclic) bond motifs is 1. The van der Waals surface area contributed by atoms with E-state index in [0.717, 1.165) is 41.5 Å². The molecule has 0 spiro atoms. The van der Waals surface area contributed by atoms with Gasteiger partial charge in [-0.25, -0.2) is 0 Å². The molecule has 0 bridgehead atoms. The highest BCUT2D eigenvalue weighted by atomic mass is 16.1. The van der Waals surface area contributed by atoms with Gasteiger partial charge in [0.1, 0.15) is 0 Å². The average molecular weight is 271 g/mol. The number of carbonyl (C=O) groups is 1. The van der Waals surface area contributed by atoms with Gasteiger partial charge in [-0.1, -0.05) is 6.42 Å². The Bertz CT molecular complexity index is 632. The zero-order valence-corrected chi connectivity index (χ0v) is 11.8. The number of amides is 1. The molecule has 1 aliphatic rings. The van der Waals surface area contributed by atoms with Crippen LogP contribution in [0.3, 0.4) is 0 Å². The lowest BCUT2D eigenvalue weighted by atomic mass is 9.95. The summed E-state index contributed by atoms with van der Waals surface area (Å²) < 4.78 is 0. The normalized spacial score (nSPS) is 22.3. The van der Waals surface area contributed by atoms with Crippen LogP contribution < -0.4 is 11.1 Å². The van der Waals surface area contributed by atoms with Crippen LogP contribution in [0, 0.1) is 18.8 Å². The van der Waals surface area contributed by atoms with E-state index in [2.05, 4.69) is 16.4 Å². The smallest absolute Gasteiger partial charge is 0.227 e. The molecule has 0 radical (unpaired) electrons. The van der Waals surface area contributed by atoms with Gasteiger partial charge < -0.3 is 16.0 Å². The van der Waals surface area contributed by atoms with Crippen molar-refractivity contribution >= 4 is 22.5 Å². The first-order chi connectivity index (χ1) is 9.67. The summed E-state index contributed by atoms with van der Waals surface area (Å²) >= 11 is 0. The summed E-state index contributed by atoms with van der Waals surface area (Å²) in [4.78, 5) is 15.6. The Hall–Kier alpha value is -1.81. The number of aromatic nitrogens is 1. The zero-order chi connectivity index (χ0) is 14.1. The van der Waals surface area contributed by atoms with Crippen LogP contribution in [0.25, 0.3) is 10.9 Å². The number of aryl methyl sites for hydroxylation is 1. The first kappa shape index (κ1) is 13.2. The molecular weight excluding hydrogens is 250 g/mol. The molecular formula is C16H21N3O. The van der Waals surface area contributed by atoms with Crippen LogP contribution in [0.5, 0.6) is 0 Å². The van der Waals surface area contributed by atoms with Gasteiger partial charge in [0, 0.05) is 28.2 Å². The van der Waals surface area contributed by atoms with E-state index in [1.165, 1.54) is 0 Å². The number of hydrogen-bond acceptors (Lipinski definition) is 2. The van der Waals surface area contributed by atoms with E-state index >= 15 is 0 Å². The lowest BCUT2D eigenvalue weighted by molar-refractivity contribution is -0.120. The molecule has 0 unspecified atom stereocenters. The molecule has 2 aromatic rings. The van der Waals surface area contributed by atoms with E-state index in [-0.39, 0.29) is 11.8 Å². The van der Waals surface area contributed by atoms with Gasteiger partial charge in [-0.3, -0.25) is 4.79 Å². The second-order valence-electron chi connectivity index (χ2n) is 5.78. The monoisotopic (exact) mass is 271 g/mol. The fourth-order valence-electron chi connectivity index (χ4n) is 3.25. The Balaban J connectivity index is 1.76. The van der Waals surface area contributed by atoms with Gasteiger partial charge in [-0.15, -0.1) is 0 Å². The third-order valence-electron chi connectivity index (χ3n) is 4.32. The molecule has 2 atom stereocenters. The van der Waals surface area contributed by atoms with E-state index in [1.807, 2.05) is 25.1 Å². The van der Waals surface area contributed by atoms with Crippen molar-refractivity contribution in [2.24, 2.45) is 17.6 Å². The Morgan fingerprint density at radius 1 is 1.40 bits per heavy atom. The number of rotatable bonds is 3. The minimum Gasteiger partial charge on any atom is -0.359 e. The number of hydrogen-bond donors (Lipinski definition) is 3. The molecule has 0 saturated heterocycles. The van der Waals surface area contributed by atoms with Crippen LogP contribution >= 0.6 is 0 Å². The largest absolute Gasteiger partial charge is 0.359 e. The number of aromatic amines is 1. The number of nitrogens with one attached hydrogen (secondary N) is 2. The predicted molar refractivity (Wildman–Crippen MR) is 81.6 cm³/mol. The maximum absolute atomic E-state index is 12.4. The lowest BCUT2D eigenvalue weighted by Crippen LogP contribution is -2.29. The van der Waals surface area contributed by atoms with Crippen molar-refractivity contribution in [3.05, 3.63) is 30.0 Å². The number of H-pyrrole nitrogens is 1. The summed E-state index contributed by atoms with van der Waals surface area (Å²) in [5.41, 5.74) is 8.84. The molecule has 1 amide bonds. The van der Waals surface area contributed by atoms with Gasteiger partial charge in [-0.2, -0.15) is 0 Å². The lowest BCUT2D eigenvalue weighted by Gasteiger charge is -2.17. The summed E-state index contributed by atoms with van der Waals surface area (Å²) in [5, 5.41) is 4.17. The summed E-state index contributed by atoms with van der Waals surface area (Å²) in [5.74, 6) is 0.529. The number of benzene rings is 1. The summed E-state index contributed by atoms with van der Waals surface area (Å²) in [6, 6.07) is 8.06. The van der Waals surface area contributed by atoms with Crippen LogP contribution in [0.2, 0.25) is 0 Å². The zero-order valence-electron chi connectivity index (χ0n) is 11.8. The first-order valence-corrected chi connectivity index (χ1v) is 7.27. The van der Waals surface area contributed by atoms with Crippen molar-refractivity contribution in [3.8, 4) is 0 Å². The Kier molecular flexibility index (Phi) is 3.49. The van der Waals surface area contributed by atoms with Gasteiger partial charge in [0.2, 0.25) is 5.91 Å². The second kappa shape index (κ2) is 5.29. The summed E-state index contributed by atoms with van der Waals surface area (Å²) in [6.07, 6.45) is 3.14. The maximum Gasteiger partial charge on any atom is 0.227 e. The van der Waals surface area contributed by atoms with Crippen LogP contribution in [0.4, 0.5) is 5.69 Å². The molecule has 106 valence electrons. The van der Waals surface area contributed by atoms with E-state index < -0.39 is 0 Å². The van der Waals surface area contributed by atoms with Crippen molar-refractivity contribution in [3.63, 3.8) is 0 Å². The van der Waals surface area contributed by atoms with Crippen LogP contribution in [0.1, 0.15) is 25.0 Å². The molecule has 1 aromatic carbocycles. The third-order valence-corrected chi connectivity index (χ3v) is 4.32. The van der Waals surface area contributed by atoms with Gasteiger partial charge >= 0.3 is 0 Å². The fourth-order valence-corrected chi connectivity index (χ4v) is 3.25. The molecule has 1 fully saturated rings. The number of nitrogens with two attached hydrogens (primary N) is 1. The molecule has 1 aromatic heterocycles. The van der Waals surface area contributed by atoms with Gasteiger partial charge in [0.05, 0.1) is 0 Å². The Morgan fingerprint density at radius 3 is 3.05 bits per heavy atom. The quantitative estimate of drug-likeness (QED) is 0.803. The number of anilines is 1. The molecule has 4 heteroatoms. The molecule has 1 heterocycles. The predicted octanol–water partition coefficient (Wildman–Crippen LogP) is 2.79. The highest BCUT2D eigenvalue weighted by molar-refractivity contribution is 5.95. The van der Waals surface area contributed by atoms with E-state index in [0.29, 0.717) is 12.5 Å². The SMILES string of the molecule is Cc1cc2cc(NC(=O)[C@@H]3CCC[C@@H]3CN)ccc2[nH]1. The fraction of sp³-hybridized carbons (Fsp3) is 0.438. The third kappa shape index (κ3) is 2.43. The first-order valence-electron chi connectivity index (χ1n) is 7.27. The topological polar surface area (TPSA) is 70.9 Å². The second-order valence-corrected chi connectivity index (χ2v) is 5.78. The molecule has 4 nitrogen and oxygen atoms in total. The van der Waals surface area contributed by atoms with Crippen molar-refractivity contribution in [2.45, 2.75) is 26.2 Å². The summed E-state index contributed by atoms with van der Waals surface area (Å²) in [7, 11) is 0. The van der Waals surface area contributed by atoms with Crippen molar-refractivity contribution in [1.82, 2.24) is 4.98 Å². The molecule has 1 aliphatic carbocycles. The molecule has 3 rings (SSSR count). The molecule has 20 heavy (non-hydrogen) atoms. The Labute approximate surface area is 118 Å². The van der Waals surface area contributed by atoms with Gasteiger partial charge in [0.25, 0.3) is 0 Å². The van der Waals surface area contributed by atoms with E-state index in [9.17, 15) is 4.79 Å². The van der Waals surface area contributed by atoms with E-state index in [4.69, 9.17) is 5.73 Å². The van der Waals surface area contributed by atoms with Crippen molar-refractivity contribution < 1.29 is 4.79 Å². The van der Waals surface area contributed by atoms with E-state index in [1.54, 1.807) is 0 Å². The van der Waals surface area contributed by atoms with Gasteiger partial charge in [0.15, 0.2) is 0 Å². The molecule has 0 aliphatic heterocycles. The minimum absolute atomic E-state index is 0.0728. The minimum atomic E-state index is 0.0728. The number of carbonyl (C=O) groups excluding carboxylic acids is 1. The van der Waals surface area contributed by atoms with Crippen molar-refractivity contribution in [1.29, 1.82) is 0 Å². The van der Waals surface area contributed by atoms with Crippen LogP contribution in [-0.2, 0) is 4.79 Å². The van der Waals surface area contributed by atoms with Crippen molar-refractivity contribution in [2.75, 3.05) is 11.9 Å². The highest BCUT2D eigenvalue weighted by Gasteiger charge is 2.31. The standard InChI is InChI=1S/C16H21N3O/c1-10-7-12-8-13(5-6-15(12)18-10)19-16(20)14-4-2-3-11(14)9-17/h5-8,11,14,18H,2-4,9,17H2,1H3,(H,19,20)/t11-,14-/m1/s1. The maximum atomic E-state index is 12.4. The Morgan fingerprint density at radius 2 is 2.25 bits per heavy atom. The van der Waals surface area contributed by atoms with Crippen LogP contribution in [0.15, 0.2) is 24.3 Å². The van der Waals surface area contributed by atoms with Gasteiger partial charge in [-0.05, 0) is 56.5 Å². The average Bonchev–Trinajstić information content (AvgIpc) is 3.02.